The molecule has 0 bridgehead atoms. The number of hydrogen-bond donors (Lipinski definition) is 1. The molecule has 2 aromatic rings. The standard InChI is InChI=1S/C11H7ClFN3O4S/c12-8-6-7(16(17)18)3-4-10(8)15-21(19,20)11-9(13)2-1-5-14-11/h1-6,15H. The maximum Gasteiger partial charge on any atom is 0.282 e. The van der Waals surface area contributed by atoms with Crippen molar-refractivity contribution in [3.8, 4) is 0 Å². The molecule has 1 N–H and O–H groups in total. The smallest absolute Gasteiger partial charge is 0.277 e. The second kappa shape index (κ2) is 5.62. The highest BCUT2D eigenvalue weighted by Gasteiger charge is 2.22. The van der Waals surface area contributed by atoms with Crippen molar-refractivity contribution < 1.29 is 17.7 Å². The van der Waals surface area contributed by atoms with Gasteiger partial charge in [-0.3, -0.25) is 14.8 Å². The van der Waals surface area contributed by atoms with E-state index >= 15 is 0 Å². The van der Waals surface area contributed by atoms with Gasteiger partial charge < -0.3 is 0 Å². The lowest BCUT2D eigenvalue weighted by atomic mass is 10.3. The molecule has 0 fully saturated rings. The van der Waals surface area contributed by atoms with E-state index in [1.807, 2.05) is 4.72 Å². The van der Waals surface area contributed by atoms with E-state index in [0.29, 0.717) is 0 Å². The van der Waals surface area contributed by atoms with Crippen molar-refractivity contribution >= 4 is 33.0 Å². The second-order valence-corrected chi connectivity index (χ2v) is 5.82. The quantitative estimate of drug-likeness (QED) is 0.685. The first-order valence-electron chi connectivity index (χ1n) is 5.38. The second-order valence-electron chi connectivity index (χ2n) is 3.82. The van der Waals surface area contributed by atoms with Gasteiger partial charge >= 0.3 is 0 Å². The van der Waals surface area contributed by atoms with Crippen LogP contribution in [0.25, 0.3) is 0 Å². The lowest BCUT2D eigenvalue weighted by Gasteiger charge is -2.09. The SMILES string of the molecule is O=[N+]([O-])c1ccc(NS(=O)(=O)c2ncccc2F)c(Cl)c1. The van der Waals surface area contributed by atoms with Gasteiger partial charge in [0.1, 0.15) is 0 Å². The molecule has 10 heteroatoms. The molecule has 0 spiro atoms. The zero-order chi connectivity index (χ0) is 15.6. The van der Waals surface area contributed by atoms with Crippen LogP contribution in [0.5, 0.6) is 0 Å². The number of aromatic nitrogens is 1. The summed E-state index contributed by atoms with van der Waals surface area (Å²) in [4.78, 5) is 13.3. The van der Waals surface area contributed by atoms with Gasteiger partial charge in [-0.1, -0.05) is 11.6 Å². The van der Waals surface area contributed by atoms with Crippen LogP contribution in [-0.4, -0.2) is 18.3 Å². The third-order valence-electron chi connectivity index (χ3n) is 2.39. The first-order chi connectivity index (χ1) is 9.81. The lowest BCUT2D eigenvalue weighted by Crippen LogP contribution is -2.16. The number of anilines is 1. The molecular formula is C11H7ClFN3O4S. The monoisotopic (exact) mass is 331 g/mol. The van der Waals surface area contributed by atoms with Crippen molar-refractivity contribution in [2.75, 3.05) is 4.72 Å². The lowest BCUT2D eigenvalue weighted by molar-refractivity contribution is -0.384. The Morgan fingerprint density at radius 1 is 1.33 bits per heavy atom. The predicted octanol–water partition coefficient (Wildman–Crippen LogP) is 2.58. The Kier molecular flexibility index (Phi) is 4.05. The van der Waals surface area contributed by atoms with E-state index in [1.54, 1.807) is 0 Å². The van der Waals surface area contributed by atoms with E-state index in [-0.39, 0.29) is 16.4 Å². The van der Waals surface area contributed by atoms with Gasteiger partial charge in [-0.15, -0.1) is 0 Å². The van der Waals surface area contributed by atoms with Crippen LogP contribution in [-0.2, 0) is 10.0 Å². The normalized spacial score (nSPS) is 11.1. The van der Waals surface area contributed by atoms with Gasteiger partial charge in [-0.25, -0.2) is 9.37 Å². The van der Waals surface area contributed by atoms with Gasteiger partial charge in [-0.2, -0.15) is 8.42 Å². The van der Waals surface area contributed by atoms with Crippen LogP contribution in [0.1, 0.15) is 0 Å². The molecule has 1 aromatic heterocycles. The Labute approximate surface area is 123 Å². The molecule has 1 heterocycles. The summed E-state index contributed by atoms with van der Waals surface area (Å²) in [5, 5.41) is 9.58. The highest BCUT2D eigenvalue weighted by molar-refractivity contribution is 7.92. The molecule has 0 aliphatic carbocycles. The molecule has 110 valence electrons. The largest absolute Gasteiger partial charge is 0.282 e. The zero-order valence-corrected chi connectivity index (χ0v) is 11.7. The first-order valence-corrected chi connectivity index (χ1v) is 7.24. The average Bonchev–Trinajstić information content (AvgIpc) is 2.41. The van der Waals surface area contributed by atoms with Crippen LogP contribution in [0.15, 0.2) is 41.6 Å². The van der Waals surface area contributed by atoms with Crippen molar-refractivity contribution in [2.24, 2.45) is 0 Å². The van der Waals surface area contributed by atoms with Crippen LogP contribution in [0.3, 0.4) is 0 Å². The Balaban J connectivity index is 2.38. The topological polar surface area (TPSA) is 102 Å². The van der Waals surface area contributed by atoms with Crippen LogP contribution in [0.4, 0.5) is 15.8 Å². The molecular weight excluding hydrogens is 325 g/mol. The van der Waals surface area contributed by atoms with Crippen molar-refractivity contribution in [3.63, 3.8) is 0 Å². The third kappa shape index (κ3) is 3.26. The van der Waals surface area contributed by atoms with Crippen molar-refractivity contribution in [1.82, 2.24) is 4.98 Å². The summed E-state index contributed by atoms with van der Waals surface area (Å²) in [6, 6.07) is 5.35. The number of pyridine rings is 1. The number of nitro groups is 1. The minimum atomic E-state index is -4.29. The molecule has 0 saturated carbocycles. The zero-order valence-electron chi connectivity index (χ0n) is 10.2. The van der Waals surface area contributed by atoms with Gasteiger partial charge in [0.05, 0.1) is 15.6 Å². The number of rotatable bonds is 4. The molecule has 0 saturated heterocycles. The van der Waals surface area contributed by atoms with Gasteiger partial charge in [0.25, 0.3) is 15.7 Å². The van der Waals surface area contributed by atoms with Crippen LogP contribution < -0.4 is 4.72 Å². The molecule has 0 unspecified atom stereocenters. The minimum Gasteiger partial charge on any atom is -0.277 e. The fourth-order valence-corrected chi connectivity index (χ4v) is 2.83. The summed E-state index contributed by atoms with van der Waals surface area (Å²) in [5.74, 6) is -1.02. The van der Waals surface area contributed by atoms with Crippen molar-refractivity contribution in [1.29, 1.82) is 0 Å². The van der Waals surface area contributed by atoms with Crippen LogP contribution >= 0.6 is 11.6 Å². The summed E-state index contributed by atoms with van der Waals surface area (Å²) < 4.78 is 39.5. The summed E-state index contributed by atoms with van der Waals surface area (Å²) in [6.07, 6.45) is 1.12. The minimum absolute atomic E-state index is 0.118. The number of sulfonamides is 1. The highest BCUT2D eigenvalue weighted by Crippen LogP contribution is 2.28. The Morgan fingerprint density at radius 3 is 2.62 bits per heavy atom. The molecule has 21 heavy (non-hydrogen) atoms. The number of benzene rings is 1. The first kappa shape index (κ1) is 15.1. The molecule has 0 amide bonds. The molecule has 0 aliphatic heterocycles. The van der Waals surface area contributed by atoms with Gasteiger partial charge in [0.2, 0.25) is 5.03 Å². The number of non-ortho nitro benzene ring substituents is 1. The van der Waals surface area contributed by atoms with E-state index in [1.165, 1.54) is 6.07 Å². The van der Waals surface area contributed by atoms with E-state index in [4.69, 9.17) is 11.6 Å². The summed E-state index contributed by atoms with van der Waals surface area (Å²) in [5.41, 5.74) is -0.417. The number of nitro benzene ring substituents is 1. The van der Waals surface area contributed by atoms with Gasteiger partial charge in [-0.05, 0) is 18.2 Å². The Morgan fingerprint density at radius 2 is 2.05 bits per heavy atom. The molecule has 2 rings (SSSR count). The Bertz CT molecular complexity index is 813. The van der Waals surface area contributed by atoms with E-state index < -0.39 is 25.8 Å². The number of nitrogens with zero attached hydrogens (tertiary/aromatic N) is 2. The fraction of sp³-hybridized carbons (Fsp3) is 0. The maximum absolute atomic E-state index is 13.5. The van der Waals surface area contributed by atoms with Gasteiger partial charge in [0, 0.05) is 18.3 Å². The third-order valence-corrected chi connectivity index (χ3v) is 4.00. The number of nitrogens with one attached hydrogen (secondary N) is 1. The Hall–Kier alpha value is -2.26. The maximum atomic E-state index is 13.5. The molecule has 1 aromatic carbocycles. The molecule has 0 aliphatic rings. The fourth-order valence-electron chi connectivity index (χ4n) is 1.46. The average molecular weight is 332 g/mol. The van der Waals surface area contributed by atoms with E-state index in [0.717, 1.165) is 30.5 Å². The van der Waals surface area contributed by atoms with E-state index in [2.05, 4.69) is 4.98 Å². The summed E-state index contributed by atoms with van der Waals surface area (Å²) in [7, 11) is -4.29. The number of hydrogen-bond acceptors (Lipinski definition) is 5. The number of halogens is 2. The van der Waals surface area contributed by atoms with Crippen LogP contribution in [0.2, 0.25) is 5.02 Å². The molecule has 7 nitrogen and oxygen atoms in total. The molecule has 0 radical (unpaired) electrons. The molecule has 0 atom stereocenters. The van der Waals surface area contributed by atoms with Crippen molar-refractivity contribution in [3.05, 3.63) is 57.5 Å². The summed E-state index contributed by atoms with van der Waals surface area (Å²) in [6.45, 7) is 0. The van der Waals surface area contributed by atoms with E-state index in [9.17, 15) is 22.9 Å². The highest BCUT2D eigenvalue weighted by atomic mass is 35.5. The van der Waals surface area contributed by atoms with Crippen LogP contribution in [0, 0.1) is 15.9 Å². The predicted molar refractivity (Wildman–Crippen MR) is 73.1 cm³/mol. The summed E-state index contributed by atoms with van der Waals surface area (Å²) >= 11 is 5.76. The van der Waals surface area contributed by atoms with Gasteiger partial charge in [0.15, 0.2) is 5.82 Å². The van der Waals surface area contributed by atoms with Crippen molar-refractivity contribution in [2.45, 2.75) is 5.03 Å².